The van der Waals surface area contributed by atoms with Gasteiger partial charge in [0, 0.05) is 0 Å². The highest BCUT2D eigenvalue weighted by Crippen LogP contribution is 2.11. The monoisotopic (exact) mass is 158 g/mol. The topological polar surface area (TPSA) is 127 Å². The first-order valence-corrected chi connectivity index (χ1v) is 2.62. The summed E-state index contributed by atoms with van der Waals surface area (Å²) in [7, 11) is 0. The van der Waals surface area contributed by atoms with Gasteiger partial charge in [-0.15, -0.1) is 0 Å². The molecule has 11 heavy (non-hydrogen) atoms. The van der Waals surface area contributed by atoms with E-state index in [9.17, 15) is 4.79 Å². The molecule has 6 N–H and O–H groups in total. The highest BCUT2D eigenvalue weighted by molar-refractivity contribution is 5.47. The lowest BCUT2D eigenvalue weighted by Gasteiger charge is -1.98. The van der Waals surface area contributed by atoms with Crippen LogP contribution in [0.1, 0.15) is 0 Å². The quantitative estimate of drug-likeness (QED) is 0.300. The molecule has 0 saturated carbocycles. The summed E-state index contributed by atoms with van der Waals surface area (Å²) >= 11 is 0. The number of aromatic nitrogens is 2. The fourth-order valence-corrected chi connectivity index (χ4v) is 0.548. The van der Waals surface area contributed by atoms with Crippen molar-refractivity contribution in [3.05, 3.63) is 10.4 Å². The van der Waals surface area contributed by atoms with Crippen molar-refractivity contribution in [3.63, 3.8) is 0 Å². The molecule has 0 saturated heterocycles. The first-order chi connectivity index (χ1) is 5.15. The minimum Gasteiger partial charge on any atom is -0.390 e. The maximum absolute atomic E-state index is 10.7. The molecule has 1 heterocycles. The second-order valence-corrected chi connectivity index (χ2v) is 1.76. The van der Waals surface area contributed by atoms with Crippen LogP contribution in [0.5, 0.6) is 5.88 Å². The number of nitrogens with two attached hydrogens (primary N) is 2. The molecule has 0 bridgehead atoms. The number of nitrogens with one attached hydrogen (secondary N) is 1. The van der Waals surface area contributed by atoms with Crippen LogP contribution in [0.2, 0.25) is 0 Å². The van der Waals surface area contributed by atoms with E-state index in [0.717, 1.165) is 0 Å². The summed E-state index contributed by atoms with van der Waals surface area (Å²) in [5.41, 5.74) is 9.24. The summed E-state index contributed by atoms with van der Waals surface area (Å²) in [6.07, 6.45) is 0. The average Bonchev–Trinajstić information content (AvgIpc) is 1.96. The van der Waals surface area contributed by atoms with Crippen molar-refractivity contribution < 1.29 is 10.1 Å². The summed E-state index contributed by atoms with van der Waals surface area (Å²) in [6.45, 7) is 0. The fourth-order valence-electron chi connectivity index (χ4n) is 0.548. The van der Waals surface area contributed by atoms with Gasteiger partial charge in [-0.25, -0.2) is 5.26 Å². The van der Waals surface area contributed by atoms with Gasteiger partial charge in [-0.3, -0.25) is 9.78 Å². The Kier molecular flexibility index (Phi) is 1.65. The summed E-state index contributed by atoms with van der Waals surface area (Å²) in [6, 6.07) is 0. The molecule has 1 rings (SSSR count). The Hall–Kier alpha value is -1.76. The predicted octanol–water partition coefficient (Wildman–Crippen LogP) is -1.21. The lowest BCUT2D eigenvalue weighted by atomic mass is 10.5. The van der Waals surface area contributed by atoms with Crippen molar-refractivity contribution in [2.24, 2.45) is 0 Å². The van der Waals surface area contributed by atoms with Crippen LogP contribution in [0.4, 0.5) is 11.6 Å². The molecule has 0 atom stereocenters. The van der Waals surface area contributed by atoms with Crippen molar-refractivity contribution in [2.45, 2.75) is 0 Å². The molecule has 1 aromatic heterocycles. The lowest BCUT2D eigenvalue weighted by molar-refractivity contribution is -0.140. The van der Waals surface area contributed by atoms with Gasteiger partial charge in [0.05, 0.1) is 0 Å². The van der Waals surface area contributed by atoms with E-state index in [1.807, 2.05) is 0 Å². The standard InChI is InChI=1S/C4H6N4O3/c5-1-2(9)7-4(6)8-3(1)11-10/h10H,5H2,(H3,6,7,8,9). The maximum Gasteiger partial charge on any atom is 0.288 e. The number of aromatic amines is 1. The van der Waals surface area contributed by atoms with Crippen LogP contribution in [-0.2, 0) is 0 Å². The molecule has 0 unspecified atom stereocenters. The Morgan fingerprint density at radius 2 is 2.18 bits per heavy atom. The van der Waals surface area contributed by atoms with Crippen molar-refractivity contribution >= 4 is 11.6 Å². The zero-order valence-electron chi connectivity index (χ0n) is 5.37. The van der Waals surface area contributed by atoms with Crippen molar-refractivity contribution in [1.29, 1.82) is 0 Å². The lowest BCUT2D eigenvalue weighted by Crippen LogP contribution is -2.16. The second kappa shape index (κ2) is 2.46. The highest BCUT2D eigenvalue weighted by Gasteiger charge is 2.06. The molecular weight excluding hydrogens is 152 g/mol. The third-order valence-electron chi connectivity index (χ3n) is 1.03. The largest absolute Gasteiger partial charge is 0.390 e. The molecule has 7 heteroatoms. The molecule has 1 aromatic rings. The molecule has 0 spiro atoms. The molecule has 0 radical (unpaired) electrons. The average molecular weight is 158 g/mol. The molecule has 7 nitrogen and oxygen atoms in total. The van der Waals surface area contributed by atoms with E-state index in [4.69, 9.17) is 16.7 Å². The van der Waals surface area contributed by atoms with Crippen molar-refractivity contribution in [2.75, 3.05) is 11.5 Å². The first-order valence-electron chi connectivity index (χ1n) is 2.62. The number of hydrogen-bond donors (Lipinski definition) is 4. The normalized spacial score (nSPS) is 9.55. The van der Waals surface area contributed by atoms with Crippen LogP contribution in [-0.4, -0.2) is 15.2 Å². The molecule has 0 aromatic carbocycles. The Morgan fingerprint density at radius 1 is 1.55 bits per heavy atom. The zero-order chi connectivity index (χ0) is 8.43. The van der Waals surface area contributed by atoms with Crippen molar-refractivity contribution in [3.8, 4) is 5.88 Å². The van der Waals surface area contributed by atoms with E-state index in [0.29, 0.717) is 0 Å². The van der Waals surface area contributed by atoms with Crippen LogP contribution in [0.25, 0.3) is 0 Å². The molecular formula is C4H6N4O3. The van der Waals surface area contributed by atoms with E-state index in [2.05, 4.69) is 14.9 Å². The SMILES string of the molecule is Nc1nc(OO)c(N)c(=O)[nH]1. The van der Waals surface area contributed by atoms with Gasteiger partial charge in [0.25, 0.3) is 11.4 Å². The van der Waals surface area contributed by atoms with Crippen LogP contribution >= 0.6 is 0 Å². The minimum absolute atomic E-state index is 0.173. The van der Waals surface area contributed by atoms with E-state index in [1.54, 1.807) is 0 Å². The number of rotatable bonds is 1. The highest BCUT2D eigenvalue weighted by atomic mass is 17.1. The predicted molar refractivity (Wildman–Crippen MR) is 36.9 cm³/mol. The Labute approximate surface area is 60.5 Å². The fraction of sp³-hybridized carbons (Fsp3) is 0. The van der Waals surface area contributed by atoms with E-state index in [1.165, 1.54) is 0 Å². The smallest absolute Gasteiger partial charge is 0.288 e. The Balaban J connectivity index is 3.36. The van der Waals surface area contributed by atoms with Gasteiger partial charge in [0.2, 0.25) is 5.95 Å². The number of anilines is 2. The summed E-state index contributed by atoms with van der Waals surface area (Å²) in [5, 5.41) is 8.12. The Morgan fingerprint density at radius 3 is 2.73 bits per heavy atom. The van der Waals surface area contributed by atoms with E-state index < -0.39 is 11.4 Å². The van der Waals surface area contributed by atoms with E-state index >= 15 is 0 Å². The summed E-state index contributed by atoms with van der Waals surface area (Å²) in [5.74, 6) is -0.570. The number of nitrogen functional groups attached to an aromatic ring is 2. The van der Waals surface area contributed by atoms with Crippen molar-refractivity contribution in [1.82, 2.24) is 9.97 Å². The van der Waals surface area contributed by atoms with Gasteiger partial charge >= 0.3 is 0 Å². The minimum atomic E-state index is -0.651. The van der Waals surface area contributed by atoms with Crippen LogP contribution in [0.15, 0.2) is 4.79 Å². The molecule has 0 aliphatic carbocycles. The molecule has 60 valence electrons. The van der Waals surface area contributed by atoms with Gasteiger partial charge in [-0.1, -0.05) is 0 Å². The third-order valence-corrected chi connectivity index (χ3v) is 1.03. The van der Waals surface area contributed by atoms with Crippen LogP contribution in [0.3, 0.4) is 0 Å². The Bertz CT molecular complexity index is 320. The third kappa shape index (κ3) is 1.22. The molecule has 0 amide bonds. The zero-order valence-corrected chi connectivity index (χ0v) is 5.37. The maximum atomic E-state index is 10.7. The molecule has 0 aliphatic heterocycles. The number of nitrogens with zero attached hydrogens (tertiary/aromatic N) is 1. The van der Waals surface area contributed by atoms with Crippen LogP contribution in [0, 0.1) is 0 Å². The summed E-state index contributed by atoms with van der Waals surface area (Å²) < 4.78 is 0. The molecule has 0 aliphatic rings. The van der Waals surface area contributed by atoms with Gasteiger partial charge in [-0.05, 0) is 0 Å². The number of hydrogen-bond acceptors (Lipinski definition) is 6. The van der Waals surface area contributed by atoms with Crippen LogP contribution < -0.4 is 21.9 Å². The van der Waals surface area contributed by atoms with Gasteiger partial charge in [-0.2, -0.15) is 4.98 Å². The second-order valence-electron chi connectivity index (χ2n) is 1.76. The van der Waals surface area contributed by atoms with Gasteiger partial charge < -0.3 is 16.4 Å². The first kappa shape index (κ1) is 7.35. The van der Waals surface area contributed by atoms with Gasteiger partial charge in [0.15, 0.2) is 5.69 Å². The van der Waals surface area contributed by atoms with E-state index in [-0.39, 0.29) is 11.6 Å². The summed E-state index contributed by atoms with van der Waals surface area (Å²) in [4.78, 5) is 19.9. The number of H-pyrrole nitrogens is 1. The van der Waals surface area contributed by atoms with Gasteiger partial charge in [0.1, 0.15) is 0 Å². The molecule has 0 fully saturated rings.